The molecule has 0 atom stereocenters. The Kier molecular flexibility index (Phi) is 5.43. The topological polar surface area (TPSA) is 64.9 Å². The number of amides is 2. The lowest BCUT2D eigenvalue weighted by Crippen LogP contribution is -2.30. The highest BCUT2D eigenvalue weighted by atomic mass is 16.2. The molecule has 0 saturated heterocycles. The van der Waals surface area contributed by atoms with Gasteiger partial charge in [0.05, 0.1) is 11.6 Å². The van der Waals surface area contributed by atoms with Gasteiger partial charge in [-0.3, -0.25) is 0 Å². The van der Waals surface area contributed by atoms with E-state index in [1.54, 1.807) is 24.3 Å². The molecular formula is C16H21N3O. The first kappa shape index (κ1) is 14.4. The van der Waals surface area contributed by atoms with E-state index >= 15 is 0 Å². The smallest absolute Gasteiger partial charge is 0.319 e. The third-order valence-corrected chi connectivity index (χ3v) is 3.83. The lowest BCUT2D eigenvalue weighted by atomic mass is 9.87. The molecule has 0 spiro atoms. The van der Waals surface area contributed by atoms with Crippen LogP contribution in [0.1, 0.15) is 44.1 Å². The monoisotopic (exact) mass is 271 g/mol. The van der Waals surface area contributed by atoms with Crippen molar-refractivity contribution in [3.63, 3.8) is 0 Å². The summed E-state index contributed by atoms with van der Waals surface area (Å²) in [7, 11) is 0. The number of carbonyl (C=O) groups excluding carboxylic acids is 1. The average molecular weight is 271 g/mol. The predicted octanol–water partition coefficient (Wildman–Crippen LogP) is 3.65. The van der Waals surface area contributed by atoms with Crippen molar-refractivity contribution in [2.75, 3.05) is 11.9 Å². The molecule has 0 aromatic heterocycles. The van der Waals surface area contributed by atoms with Crippen molar-refractivity contribution in [2.45, 2.75) is 38.5 Å². The fourth-order valence-corrected chi connectivity index (χ4v) is 2.67. The maximum absolute atomic E-state index is 11.7. The highest BCUT2D eigenvalue weighted by Gasteiger charge is 2.13. The minimum atomic E-state index is -0.175. The molecule has 2 rings (SSSR count). The summed E-state index contributed by atoms with van der Waals surface area (Å²) in [5.41, 5.74) is 1.30. The molecule has 1 aromatic rings. The van der Waals surface area contributed by atoms with Crippen molar-refractivity contribution in [3.05, 3.63) is 29.8 Å². The summed E-state index contributed by atoms with van der Waals surface area (Å²) in [6, 6.07) is 8.73. The first-order valence-corrected chi connectivity index (χ1v) is 7.33. The summed E-state index contributed by atoms with van der Waals surface area (Å²) in [6.07, 6.45) is 7.71. The fraction of sp³-hybridized carbons (Fsp3) is 0.500. The van der Waals surface area contributed by atoms with E-state index in [1.807, 2.05) is 6.07 Å². The van der Waals surface area contributed by atoms with Crippen molar-refractivity contribution in [1.82, 2.24) is 5.32 Å². The second-order valence-corrected chi connectivity index (χ2v) is 5.36. The quantitative estimate of drug-likeness (QED) is 0.877. The molecule has 0 aliphatic heterocycles. The van der Waals surface area contributed by atoms with Gasteiger partial charge in [-0.1, -0.05) is 32.1 Å². The highest BCUT2D eigenvalue weighted by molar-refractivity contribution is 5.89. The molecule has 0 radical (unpaired) electrons. The van der Waals surface area contributed by atoms with Crippen molar-refractivity contribution in [3.8, 4) is 6.07 Å². The van der Waals surface area contributed by atoms with Crippen LogP contribution in [-0.4, -0.2) is 12.6 Å². The molecule has 4 nitrogen and oxygen atoms in total. The number of hydrogen-bond acceptors (Lipinski definition) is 2. The number of benzene rings is 1. The molecule has 1 aliphatic rings. The number of rotatable bonds is 4. The van der Waals surface area contributed by atoms with E-state index in [4.69, 9.17) is 5.26 Å². The normalized spacial score (nSPS) is 15.3. The van der Waals surface area contributed by atoms with E-state index in [-0.39, 0.29) is 6.03 Å². The van der Waals surface area contributed by atoms with E-state index < -0.39 is 0 Å². The Balaban J connectivity index is 1.68. The molecule has 1 saturated carbocycles. The molecule has 1 aromatic carbocycles. The Morgan fingerprint density at radius 3 is 2.55 bits per heavy atom. The van der Waals surface area contributed by atoms with Crippen LogP contribution in [0.25, 0.3) is 0 Å². The van der Waals surface area contributed by atoms with Gasteiger partial charge < -0.3 is 10.6 Å². The maximum atomic E-state index is 11.7. The zero-order chi connectivity index (χ0) is 14.2. The number of nitrogens with zero attached hydrogens (tertiary/aromatic N) is 1. The van der Waals surface area contributed by atoms with Crippen molar-refractivity contribution in [2.24, 2.45) is 5.92 Å². The summed E-state index contributed by atoms with van der Waals surface area (Å²) in [5, 5.41) is 14.4. The van der Waals surface area contributed by atoms with Gasteiger partial charge >= 0.3 is 6.03 Å². The van der Waals surface area contributed by atoms with E-state index in [0.717, 1.165) is 18.9 Å². The van der Waals surface area contributed by atoms with Crippen LogP contribution in [0.4, 0.5) is 10.5 Å². The summed E-state index contributed by atoms with van der Waals surface area (Å²) in [4.78, 5) is 11.7. The molecule has 2 amide bonds. The second kappa shape index (κ2) is 7.54. The lowest BCUT2D eigenvalue weighted by molar-refractivity contribution is 0.250. The summed E-state index contributed by atoms with van der Waals surface area (Å²) in [6.45, 7) is 0.729. The Morgan fingerprint density at radius 2 is 1.90 bits per heavy atom. The van der Waals surface area contributed by atoms with Crippen LogP contribution in [0.5, 0.6) is 0 Å². The molecule has 2 N–H and O–H groups in total. The van der Waals surface area contributed by atoms with Crippen molar-refractivity contribution < 1.29 is 4.79 Å². The molecule has 1 fully saturated rings. The number of hydrogen-bond donors (Lipinski definition) is 2. The van der Waals surface area contributed by atoms with Crippen molar-refractivity contribution >= 4 is 11.7 Å². The molecule has 0 unspecified atom stereocenters. The molecular weight excluding hydrogens is 250 g/mol. The Bertz CT molecular complexity index is 469. The van der Waals surface area contributed by atoms with Gasteiger partial charge in [-0.2, -0.15) is 5.26 Å². The Hall–Kier alpha value is -2.02. The van der Waals surface area contributed by atoms with Gasteiger partial charge in [-0.25, -0.2) is 4.79 Å². The Labute approximate surface area is 120 Å². The third-order valence-electron chi connectivity index (χ3n) is 3.83. The van der Waals surface area contributed by atoms with Gasteiger partial charge in [0.1, 0.15) is 0 Å². The van der Waals surface area contributed by atoms with Crippen LogP contribution in [0.15, 0.2) is 24.3 Å². The molecule has 106 valence electrons. The van der Waals surface area contributed by atoms with Gasteiger partial charge in [0.2, 0.25) is 0 Å². The van der Waals surface area contributed by atoms with E-state index in [2.05, 4.69) is 10.6 Å². The van der Waals surface area contributed by atoms with Gasteiger partial charge in [0.25, 0.3) is 0 Å². The third kappa shape index (κ3) is 4.58. The van der Waals surface area contributed by atoms with Crippen LogP contribution in [0.2, 0.25) is 0 Å². The van der Waals surface area contributed by atoms with Crippen LogP contribution < -0.4 is 10.6 Å². The number of anilines is 1. The van der Waals surface area contributed by atoms with Gasteiger partial charge in [-0.15, -0.1) is 0 Å². The van der Waals surface area contributed by atoms with E-state index in [0.29, 0.717) is 11.3 Å². The molecule has 1 aliphatic carbocycles. The predicted molar refractivity (Wildman–Crippen MR) is 79.4 cm³/mol. The minimum absolute atomic E-state index is 0.175. The number of nitriles is 1. The average Bonchev–Trinajstić information content (AvgIpc) is 2.49. The van der Waals surface area contributed by atoms with Crippen LogP contribution in [0.3, 0.4) is 0 Å². The largest absolute Gasteiger partial charge is 0.338 e. The zero-order valence-corrected chi connectivity index (χ0v) is 11.7. The minimum Gasteiger partial charge on any atom is -0.338 e. The zero-order valence-electron chi connectivity index (χ0n) is 11.7. The van der Waals surface area contributed by atoms with Crippen LogP contribution in [0, 0.1) is 17.2 Å². The molecule has 0 bridgehead atoms. The summed E-state index contributed by atoms with van der Waals surface area (Å²) >= 11 is 0. The maximum Gasteiger partial charge on any atom is 0.319 e. The lowest BCUT2D eigenvalue weighted by Gasteiger charge is -2.21. The highest BCUT2D eigenvalue weighted by Crippen LogP contribution is 2.25. The van der Waals surface area contributed by atoms with Crippen LogP contribution >= 0.6 is 0 Å². The van der Waals surface area contributed by atoms with Gasteiger partial charge in [0.15, 0.2) is 0 Å². The standard InChI is InChI=1S/C16H21N3O/c17-12-14-6-8-15(9-7-14)19-16(20)18-11-10-13-4-2-1-3-5-13/h6-9,13H,1-5,10-11H2,(H2,18,19,20). The summed E-state index contributed by atoms with van der Waals surface area (Å²) in [5.74, 6) is 0.777. The van der Waals surface area contributed by atoms with Gasteiger partial charge in [0, 0.05) is 12.2 Å². The Morgan fingerprint density at radius 1 is 1.20 bits per heavy atom. The number of nitrogens with one attached hydrogen (secondary N) is 2. The second-order valence-electron chi connectivity index (χ2n) is 5.36. The van der Waals surface area contributed by atoms with Crippen LogP contribution in [-0.2, 0) is 0 Å². The first-order valence-electron chi connectivity index (χ1n) is 7.33. The molecule has 4 heteroatoms. The fourth-order valence-electron chi connectivity index (χ4n) is 2.67. The first-order chi connectivity index (χ1) is 9.78. The van der Waals surface area contributed by atoms with Crippen molar-refractivity contribution in [1.29, 1.82) is 5.26 Å². The molecule has 0 heterocycles. The number of carbonyl (C=O) groups is 1. The summed E-state index contributed by atoms with van der Waals surface area (Å²) < 4.78 is 0. The van der Waals surface area contributed by atoms with E-state index in [1.165, 1.54) is 32.1 Å². The molecule has 20 heavy (non-hydrogen) atoms. The van der Waals surface area contributed by atoms with Gasteiger partial charge in [-0.05, 0) is 36.6 Å². The SMILES string of the molecule is N#Cc1ccc(NC(=O)NCCC2CCCCC2)cc1. The number of urea groups is 1. The van der Waals surface area contributed by atoms with E-state index in [9.17, 15) is 4.79 Å².